The third kappa shape index (κ3) is 2.22. The van der Waals surface area contributed by atoms with Crippen molar-refractivity contribution in [1.82, 2.24) is 19.3 Å². The maximum absolute atomic E-state index is 5.92. The van der Waals surface area contributed by atoms with Crippen LogP contribution >= 0.6 is 34.2 Å². The number of benzene rings is 1. The molecule has 0 radical (unpaired) electrons. The highest BCUT2D eigenvalue weighted by Crippen LogP contribution is 2.24. The highest BCUT2D eigenvalue weighted by molar-refractivity contribution is 14.1. The average Bonchev–Trinajstić information content (AvgIpc) is 2.89. The first-order valence-corrected chi connectivity index (χ1v) is 7.96. The molecular weight excluding hydrogens is 387 g/mol. The van der Waals surface area contributed by atoms with Crippen LogP contribution in [0.3, 0.4) is 0 Å². The maximum Gasteiger partial charge on any atom is 0.163 e. The topological polar surface area (TPSA) is 35.6 Å². The third-order valence-corrected chi connectivity index (χ3v) is 4.12. The second kappa shape index (κ2) is 5.37. The van der Waals surface area contributed by atoms with Gasteiger partial charge in [0.05, 0.1) is 5.69 Å². The van der Waals surface area contributed by atoms with Crippen molar-refractivity contribution in [3.8, 4) is 5.69 Å². The van der Waals surface area contributed by atoms with Gasteiger partial charge in [-0.25, -0.2) is 9.67 Å². The lowest BCUT2D eigenvalue weighted by Gasteiger charge is -2.09. The number of rotatable bonds is 3. The first-order chi connectivity index (χ1) is 9.61. The Morgan fingerprint density at radius 3 is 2.85 bits per heavy atom. The number of alkyl halides is 1. The summed E-state index contributed by atoms with van der Waals surface area (Å²) in [7, 11) is 1.95. The van der Waals surface area contributed by atoms with Crippen molar-refractivity contribution in [1.29, 1.82) is 0 Å². The van der Waals surface area contributed by atoms with E-state index in [1.165, 1.54) is 3.57 Å². The molecule has 0 bridgehead atoms. The number of aromatic nitrogens is 4. The summed E-state index contributed by atoms with van der Waals surface area (Å²) < 4.78 is 5.23. The van der Waals surface area contributed by atoms with Crippen LogP contribution < -0.4 is 0 Å². The fourth-order valence-electron chi connectivity index (χ4n) is 2.46. The number of hydrogen-bond donors (Lipinski definition) is 0. The maximum atomic E-state index is 5.92. The monoisotopic (exact) mass is 400 g/mol. The molecular formula is C14H14ClIN4. The minimum atomic E-state index is 0.555. The van der Waals surface area contributed by atoms with Gasteiger partial charge in [0.2, 0.25) is 0 Å². The van der Waals surface area contributed by atoms with Gasteiger partial charge in [-0.05, 0) is 47.7 Å². The van der Waals surface area contributed by atoms with Crippen LogP contribution in [-0.4, -0.2) is 25.2 Å². The Kier molecular flexibility index (Phi) is 3.72. The van der Waals surface area contributed by atoms with Crippen molar-refractivity contribution < 1.29 is 0 Å². The zero-order valence-electron chi connectivity index (χ0n) is 11.3. The van der Waals surface area contributed by atoms with Crippen LogP contribution in [0.5, 0.6) is 0 Å². The SMILES string of the molecule is Cc1nn(C)c2c1nc(CCCl)n2-c1cccc(I)c1. The van der Waals surface area contributed by atoms with E-state index in [1.807, 2.05) is 18.7 Å². The van der Waals surface area contributed by atoms with Crippen molar-refractivity contribution in [2.24, 2.45) is 7.05 Å². The Balaban J connectivity index is 2.33. The van der Waals surface area contributed by atoms with Gasteiger partial charge in [-0.3, -0.25) is 4.57 Å². The number of aryl methyl sites for hydroxylation is 3. The van der Waals surface area contributed by atoms with Crippen molar-refractivity contribution in [3.63, 3.8) is 0 Å². The van der Waals surface area contributed by atoms with Gasteiger partial charge in [-0.1, -0.05) is 6.07 Å². The predicted molar refractivity (Wildman–Crippen MR) is 89.7 cm³/mol. The molecule has 2 aromatic heterocycles. The van der Waals surface area contributed by atoms with E-state index in [4.69, 9.17) is 16.6 Å². The van der Waals surface area contributed by atoms with Crippen LogP contribution in [0.4, 0.5) is 0 Å². The zero-order chi connectivity index (χ0) is 14.3. The summed E-state index contributed by atoms with van der Waals surface area (Å²) in [5.74, 6) is 1.54. The number of fused-ring (bicyclic) bond motifs is 1. The first kappa shape index (κ1) is 13.9. The van der Waals surface area contributed by atoms with Crippen LogP contribution in [0.2, 0.25) is 0 Å². The molecule has 0 aliphatic heterocycles. The molecule has 2 heterocycles. The minimum Gasteiger partial charge on any atom is -0.281 e. The molecule has 0 aliphatic rings. The first-order valence-electron chi connectivity index (χ1n) is 6.34. The fourth-order valence-corrected chi connectivity index (χ4v) is 3.15. The lowest BCUT2D eigenvalue weighted by molar-refractivity contribution is 0.751. The highest BCUT2D eigenvalue weighted by Gasteiger charge is 2.18. The molecule has 0 spiro atoms. The van der Waals surface area contributed by atoms with E-state index in [2.05, 4.69) is 56.5 Å². The third-order valence-electron chi connectivity index (χ3n) is 3.26. The molecule has 20 heavy (non-hydrogen) atoms. The molecule has 0 N–H and O–H groups in total. The number of imidazole rings is 1. The van der Waals surface area contributed by atoms with Crippen LogP contribution in [-0.2, 0) is 13.5 Å². The molecule has 4 nitrogen and oxygen atoms in total. The lowest BCUT2D eigenvalue weighted by Crippen LogP contribution is -2.06. The average molecular weight is 401 g/mol. The van der Waals surface area contributed by atoms with Crippen molar-refractivity contribution >= 4 is 45.4 Å². The molecule has 0 atom stereocenters. The van der Waals surface area contributed by atoms with Crippen LogP contribution in [0, 0.1) is 10.5 Å². The molecule has 0 fully saturated rings. The largest absolute Gasteiger partial charge is 0.281 e. The summed E-state index contributed by atoms with van der Waals surface area (Å²) in [6.45, 7) is 1.99. The number of halogens is 2. The van der Waals surface area contributed by atoms with Crippen molar-refractivity contribution in [2.45, 2.75) is 13.3 Å². The molecule has 0 amide bonds. The van der Waals surface area contributed by atoms with Crippen LogP contribution in [0.1, 0.15) is 11.5 Å². The Bertz CT molecular complexity index is 775. The molecule has 0 saturated heterocycles. The molecule has 104 valence electrons. The van der Waals surface area contributed by atoms with Gasteiger partial charge in [-0.15, -0.1) is 11.6 Å². The molecule has 0 saturated carbocycles. The minimum absolute atomic E-state index is 0.555. The van der Waals surface area contributed by atoms with E-state index in [1.54, 1.807) is 0 Å². The molecule has 3 rings (SSSR count). The van der Waals surface area contributed by atoms with E-state index in [0.29, 0.717) is 5.88 Å². The lowest BCUT2D eigenvalue weighted by atomic mass is 10.3. The van der Waals surface area contributed by atoms with E-state index < -0.39 is 0 Å². The second-order valence-electron chi connectivity index (χ2n) is 4.66. The molecule has 1 aromatic carbocycles. The van der Waals surface area contributed by atoms with E-state index in [-0.39, 0.29) is 0 Å². The standard InChI is InChI=1S/C14H14ClIN4/c1-9-13-14(19(2)18-9)20(12(17-13)6-7-15)11-5-3-4-10(16)8-11/h3-5,8H,6-7H2,1-2H3. The van der Waals surface area contributed by atoms with E-state index in [9.17, 15) is 0 Å². The molecule has 6 heteroatoms. The second-order valence-corrected chi connectivity index (χ2v) is 6.29. The Hall–Kier alpha value is -1.08. The van der Waals surface area contributed by atoms with Gasteiger partial charge in [0.25, 0.3) is 0 Å². The van der Waals surface area contributed by atoms with Gasteiger partial charge < -0.3 is 0 Å². The Morgan fingerprint density at radius 1 is 1.35 bits per heavy atom. The summed E-state index contributed by atoms with van der Waals surface area (Å²) in [6, 6.07) is 8.36. The van der Waals surface area contributed by atoms with E-state index in [0.717, 1.165) is 34.8 Å². The zero-order valence-corrected chi connectivity index (χ0v) is 14.2. The number of nitrogens with zero attached hydrogens (tertiary/aromatic N) is 4. The molecule has 3 aromatic rings. The van der Waals surface area contributed by atoms with Gasteiger partial charge in [0.15, 0.2) is 5.65 Å². The summed E-state index contributed by atoms with van der Waals surface area (Å²) in [5, 5.41) is 4.46. The smallest absolute Gasteiger partial charge is 0.163 e. The van der Waals surface area contributed by atoms with E-state index >= 15 is 0 Å². The summed E-state index contributed by atoms with van der Waals surface area (Å²) in [5.41, 5.74) is 4.02. The van der Waals surface area contributed by atoms with Gasteiger partial charge >= 0.3 is 0 Å². The van der Waals surface area contributed by atoms with Crippen molar-refractivity contribution in [2.75, 3.05) is 5.88 Å². The summed E-state index contributed by atoms with van der Waals surface area (Å²) in [4.78, 5) is 4.72. The van der Waals surface area contributed by atoms with Crippen molar-refractivity contribution in [3.05, 3.63) is 39.4 Å². The number of hydrogen-bond acceptors (Lipinski definition) is 2. The molecule has 0 aliphatic carbocycles. The van der Waals surface area contributed by atoms with Crippen LogP contribution in [0.15, 0.2) is 24.3 Å². The fraction of sp³-hybridized carbons (Fsp3) is 0.286. The van der Waals surface area contributed by atoms with Crippen LogP contribution in [0.25, 0.3) is 16.9 Å². The normalized spacial score (nSPS) is 11.4. The predicted octanol–water partition coefficient (Wildman–Crippen LogP) is 3.45. The highest BCUT2D eigenvalue weighted by atomic mass is 127. The van der Waals surface area contributed by atoms with Gasteiger partial charge in [0, 0.05) is 28.6 Å². The Morgan fingerprint density at radius 2 is 2.15 bits per heavy atom. The Labute approximate surface area is 135 Å². The summed E-state index contributed by atoms with van der Waals surface area (Å²) in [6.07, 6.45) is 0.737. The van der Waals surface area contributed by atoms with Gasteiger partial charge in [0.1, 0.15) is 11.3 Å². The van der Waals surface area contributed by atoms with Gasteiger partial charge in [-0.2, -0.15) is 5.10 Å². The summed E-state index contributed by atoms with van der Waals surface area (Å²) >= 11 is 8.24. The quantitative estimate of drug-likeness (QED) is 0.499. The molecule has 0 unspecified atom stereocenters.